The van der Waals surface area contributed by atoms with Gasteiger partial charge >= 0.3 is 0 Å². The summed E-state index contributed by atoms with van der Waals surface area (Å²) in [6, 6.07) is 3.72. The van der Waals surface area contributed by atoms with Crippen molar-refractivity contribution in [2.75, 3.05) is 0 Å². The molecule has 0 amide bonds. The number of allylic oxidation sites excluding steroid dienone is 2. The van der Waals surface area contributed by atoms with Crippen molar-refractivity contribution < 1.29 is 4.79 Å². The van der Waals surface area contributed by atoms with Crippen LogP contribution in [0.2, 0.25) is 0 Å². The molecule has 0 unspecified atom stereocenters. The lowest BCUT2D eigenvalue weighted by molar-refractivity contribution is -0.114. The number of nitrogens with zero attached hydrogens (tertiary/aromatic N) is 1. The molecule has 2 nitrogen and oxygen atoms in total. The van der Waals surface area contributed by atoms with Gasteiger partial charge in [0.25, 0.3) is 0 Å². The lowest BCUT2D eigenvalue weighted by atomic mass is 10.1. The van der Waals surface area contributed by atoms with E-state index in [1.165, 1.54) is 0 Å². The molecule has 0 aromatic carbocycles. The van der Waals surface area contributed by atoms with Crippen LogP contribution in [0, 0.1) is 0 Å². The van der Waals surface area contributed by atoms with Crippen LogP contribution in [-0.2, 0) is 11.2 Å². The normalized spacial score (nSPS) is 9.38. The van der Waals surface area contributed by atoms with Gasteiger partial charge in [-0.1, -0.05) is 5.57 Å². The zero-order valence-corrected chi connectivity index (χ0v) is 7.95. The van der Waals surface area contributed by atoms with Crippen molar-refractivity contribution in [3.63, 3.8) is 0 Å². The smallest absolute Gasteiger partial charge is 0.159 e. The van der Waals surface area contributed by atoms with Gasteiger partial charge in [0.15, 0.2) is 5.78 Å². The van der Waals surface area contributed by atoms with Crippen LogP contribution < -0.4 is 0 Å². The third-order valence-electron chi connectivity index (χ3n) is 1.58. The molecule has 0 spiro atoms. The Morgan fingerprint density at radius 3 is 2.54 bits per heavy atom. The van der Waals surface area contributed by atoms with E-state index in [2.05, 4.69) is 4.98 Å². The average molecular weight is 175 g/mol. The molecule has 13 heavy (non-hydrogen) atoms. The number of pyridine rings is 1. The van der Waals surface area contributed by atoms with E-state index >= 15 is 0 Å². The van der Waals surface area contributed by atoms with Crippen molar-refractivity contribution in [1.29, 1.82) is 0 Å². The average Bonchev–Trinajstić information content (AvgIpc) is 2.04. The summed E-state index contributed by atoms with van der Waals surface area (Å²) in [5.41, 5.74) is 2.05. The second-order valence-electron chi connectivity index (χ2n) is 3.22. The molecule has 0 saturated heterocycles. The van der Waals surface area contributed by atoms with Gasteiger partial charge in [0.1, 0.15) is 0 Å². The van der Waals surface area contributed by atoms with Gasteiger partial charge in [-0.05, 0) is 37.6 Å². The minimum atomic E-state index is 0.145. The second kappa shape index (κ2) is 4.55. The first-order chi connectivity index (χ1) is 6.18. The number of carbonyl (C=O) groups excluding carboxylic acids is 1. The summed E-state index contributed by atoms with van der Waals surface area (Å²) in [6.07, 6.45) is 5.53. The monoisotopic (exact) mass is 175 g/mol. The van der Waals surface area contributed by atoms with E-state index in [0.717, 1.165) is 11.1 Å². The van der Waals surface area contributed by atoms with Crippen molar-refractivity contribution >= 4 is 5.78 Å². The van der Waals surface area contributed by atoms with Gasteiger partial charge in [-0.25, -0.2) is 0 Å². The highest BCUT2D eigenvalue weighted by Crippen LogP contribution is 2.00. The van der Waals surface area contributed by atoms with Crippen LogP contribution in [0.5, 0.6) is 0 Å². The van der Waals surface area contributed by atoms with Crippen molar-refractivity contribution in [3.05, 3.63) is 41.7 Å². The molecule has 0 N–H and O–H groups in total. The van der Waals surface area contributed by atoms with Crippen molar-refractivity contribution in [3.8, 4) is 0 Å². The maximum atomic E-state index is 11.3. The van der Waals surface area contributed by atoms with Crippen molar-refractivity contribution in [2.24, 2.45) is 0 Å². The lowest BCUT2D eigenvalue weighted by Crippen LogP contribution is -1.98. The molecule has 0 atom stereocenters. The first kappa shape index (κ1) is 9.65. The van der Waals surface area contributed by atoms with Crippen LogP contribution in [0.15, 0.2) is 36.2 Å². The first-order valence-electron chi connectivity index (χ1n) is 4.25. The molecule has 0 aliphatic rings. The van der Waals surface area contributed by atoms with Gasteiger partial charge in [-0.15, -0.1) is 0 Å². The topological polar surface area (TPSA) is 30.0 Å². The fourth-order valence-electron chi connectivity index (χ4n) is 1.07. The molecule has 1 heterocycles. The second-order valence-corrected chi connectivity index (χ2v) is 3.22. The third-order valence-corrected chi connectivity index (χ3v) is 1.58. The van der Waals surface area contributed by atoms with Crippen molar-refractivity contribution in [1.82, 2.24) is 4.98 Å². The zero-order valence-electron chi connectivity index (χ0n) is 7.95. The van der Waals surface area contributed by atoms with Crippen LogP contribution in [0.25, 0.3) is 0 Å². The van der Waals surface area contributed by atoms with E-state index in [-0.39, 0.29) is 5.78 Å². The number of hydrogen-bond donors (Lipinski definition) is 0. The molecule has 0 aliphatic heterocycles. The van der Waals surface area contributed by atoms with Crippen LogP contribution in [-0.4, -0.2) is 10.8 Å². The number of carbonyl (C=O) groups is 1. The SMILES string of the molecule is CC(C)=CC(=O)Cc1ccncc1. The van der Waals surface area contributed by atoms with Gasteiger partial charge < -0.3 is 0 Å². The summed E-state index contributed by atoms with van der Waals surface area (Å²) in [5.74, 6) is 0.145. The number of ketones is 1. The van der Waals surface area contributed by atoms with Crippen LogP contribution in [0.4, 0.5) is 0 Å². The molecule has 0 bridgehead atoms. The molecule has 68 valence electrons. The van der Waals surface area contributed by atoms with Crippen molar-refractivity contribution in [2.45, 2.75) is 20.3 Å². The van der Waals surface area contributed by atoms with E-state index in [1.807, 2.05) is 26.0 Å². The Bertz CT molecular complexity index is 310. The number of aromatic nitrogens is 1. The van der Waals surface area contributed by atoms with Gasteiger partial charge in [0.05, 0.1) is 0 Å². The van der Waals surface area contributed by atoms with E-state index < -0.39 is 0 Å². The Balaban J connectivity index is 2.61. The molecule has 0 saturated carbocycles. The summed E-state index contributed by atoms with van der Waals surface area (Å²) in [6.45, 7) is 3.84. The molecule has 1 aromatic heterocycles. The van der Waals surface area contributed by atoms with Crippen LogP contribution >= 0.6 is 0 Å². The highest BCUT2D eigenvalue weighted by molar-refractivity contribution is 5.91. The Morgan fingerprint density at radius 2 is 2.00 bits per heavy atom. The summed E-state index contributed by atoms with van der Waals surface area (Å²) < 4.78 is 0. The van der Waals surface area contributed by atoms with Gasteiger partial charge in [-0.2, -0.15) is 0 Å². The Hall–Kier alpha value is -1.44. The fraction of sp³-hybridized carbons (Fsp3) is 0.273. The largest absolute Gasteiger partial charge is 0.294 e. The lowest BCUT2D eigenvalue weighted by Gasteiger charge is -1.96. The van der Waals surface area contributed by atoms with Gasteiger partial charge in [0, 0.05) is 18.8 Å². The van der Waals surface area contributed by atoms with E-state index in [9.17, 15) is 4.79 Å². The van der Waals surface area contributed by atoms with E-state index in [0.29, 0.717) is 6.42 Å². The number of hydrogen-bond acceptors (Lipinski definition) is 2. The maximum Gasteiger partial charge on any atom is 0.159 e. The molecular weight excluding hydrogens is 162 g/mol. The summed E-state index contributed by atoms with van der Waals surface area (Å²) >= 11 is 0. The minimum Gasteiger partial charge on any atom is -0.294 e. The molecular formula is C11H13NO. The highest BCUT2D eigenvalue weighted by Gasteiger charge is 1.98. The predicted octanol–water partition coefficient (Wildman–Crippen LogP) is 2.16. The predicted molar refractivity (Wildman–Crippen MR) is 52.4 cm³/mol. The molecule has 1 aromatic rings. The Kier molecular flexibility index (Phi) is 3.38. The fourth-order valence-corrected chi connectivity index (χ4v) is 1.07. The highest BCUT2D eigenvalue weighted by atomic mass is 16.1. The molecule has 0 aliphatic carbocycles. The number of rotatable bonds is 3. The van der Waals surface area contributed by atoms with E-state index in [1.54, 1.807) is 18.5 Å². The molecule has 1 rings (SSSR count). The Labute approximate surface area is 78.3 Å². The standard InChI is InChI=1S/C11H13NO/c1-9(2)7-11(13)8-10-3-5-12-6-4-10/h3-7H,8H2,1-2H3. The van der Waals surface area contributed by atoms with E-state index in [4.69, 9.17) is 0 Å². The summed E-state index contributed by atoms with van der Waals surface area (Å²) in [7, 11) is 0. The molecule has 0 fully saturated rings. The quantitative estimate of drug-likeness (QED) is 0.659. The summed E-state index contributed by atoms with van der Waals surface area (Å²) in [4.78, 5) is 15.2. The van der Waals surface area contributed by atoms with Gasteiger partial charge in [-0.3, -0.25) is 9.78 Å². The molecule has 0 radical (unpaired) electrons. The first-order valence-corrected chi connectivity index (χ1v) is 4.25. The van der Waals surface area contributed by atoms with Crippen LogP contribution in [0.3, 0.4) is 0 Å². The minimum absolute atomic E-state index is 0.145. The van der Waals surface area contributed by atoms with Gasteiger partial charge in [0.2, 0.25) is 0 Å². The maximum absolute atomic E-state index is 11.3. The molecule has 2 heteroatoms. The Morgan fingerprint density at radius 1 is 1.38 bits per heavy atom. The summed E-state index contributed by atoms with van der Waals surface area (Å²) in [5, 5.41) is 0. The zero-order chi connectivity index (χ0) is 9.68. The third kappa shape index (κ3) is 3.65. The van der Waals surface area contributed by atoms with Crippen LogP contribution in [0.1, 0.15) is 19.4 Å².